The minimum absolute atomic E-state index is 0.0984. The minimum atomic E-state index is -4.56. The van der Waals surface area contributed by atoms with Crippen LogP contribution in [0.3, 0.4) is 0 Å². The number of ether oxygens (including phenoxy) is 1. The molecule has 2 N–H and O–H groups in total. The highest BCUT2D eigenvalue weighted by Gasteiger charge is 2.35. The molecule has 1 aliphatic heterocycles. The van der Waals surface area contributed by atoms with Gasteiger partial charge < -0.3 is 20.3 Å². The smallest absolute Gasteiger partial charge is 0.383 e. The number of carbonyl (C=O) groups excluding carboxylic acids is 1. The van der Waals surface area contributed by atoms with Crippen LogP contribution in [0, 0.1) is 17.8 Å². The highest BCUT2D eigenvalue weighted by molar-refractivity contribution is 6.04. The maximum Gasteiger partial charge on any atom is 0.416 e. The first-order valence-corrected chi connectivity index (χ1v) is 16.8. The second-order valence-electron chi connectivity index (χ2n) is 13.0. The Bertz CT molecular complexity index is 1900. The number of fused-ring (bicyclic) bond motifs is 1. The van der Waals surface area contributed by atoms with E-state index in [0.717, 1.165) is 29.6 Å². The maximum absolute atomic E-state index is 14.2. The first-order valence-electron chi connectivity index (χ1n) is 16.8. The molecule has 0 radical (unpaired) electrons. The highest BCUT2D eigenvalue weighted by Crippen LogP contribution is 2.35. The summed E-state index contributed by atoms with van der Waals surface area (Å²) in [5.41, 5.74) is 3.93. The molecule has 1 saturated heterocycles. The van der Waals surface area contributed by atoms with Crippen LogP contribution in [-0.4, -0.2) is 89.8 Å². The molecule has 0 spiro atoms. The summed E-state index contributed by atoms with van der Waals surface area (Å²) in [6.07, 6.45) is 4.70. The van der Waals surface area contributed by atoms with Crippen LogP contribution in [0.4, 0.5) is 24.5 Å². The van der Waals surface area contributed by atoms with E-state index in [9.17, 15) is 18.0 Å². The SMILES string of the molecule is C=NN(/C=C(\C)Nc1cccn2c(C#CC3CC(C(=O)Nc4ccc(CN5CCN(C)[C@H](C)C5)c(C(F)(F)F)c4)=CC=C3C)cnc12)CCOC. The number of aromatic nitrogens is 2. The molecular formula is C38H45F3N8O2. The summed E-state index contributed by atoms with van der Waals surface area (Å²) in [5.74, 6) is 5.78. The number of hydrazone groups is 1. The van der Waals surface area contributed by atoms with E-state index in [1.54, 1.807) is 30.5 Å². The van der Waals surface area contributed by atoms with Crippen molar-refractivity contribution in [2.45, 2.75) is 46.0 Å². The Morgan fingerprint density at radius 2 is 2.04 bits per heavy atom. The molecule has 1 fully saturated rings. The standard InChI is InChI=1S/C38H45F3N8O2/c1-26-9-10-30(37(50)45-32-13-11-31(34(21-32)38(39,40)41)25-47-17-16-46(5)28(3)24-47)20-29(26)12-14-33-22-43-36-35(8-7-15-49(33)36)44-27(2)23-48(42-4)18-19-51-6/h7-11,13,15,21-23,28-29,44H,4,16-20,24-25H2,1-3,5-6H3,(H,45,50)/b27-23+/t28-,29?/m1/s1. The molecule has 1 aromatic carbocycles. The number of pyridine rings is 1. The predicted molar refractivity (Wildman–Crippen MR) is 195 cm³/mol. The quantitative estimate of drug-likeness (QED) is 0.140. The number of rotatable bonds is 11. The van der Waals surface area contributed by atoms with Gasteiger partial charge in [-0.2, -0.15) is 18.3 Å². The van der Waals surface area contributed by atoms with Crippen molar-refractivity contribution in [2.24, 2.45) is 11.0 Å². The third-order valence-corrected chi connectivity index (χ3v) is 9.21. The van der Waals surface area contributed by atoms with E-state index in [1.807, 2.05) is 60.8 Å². The lowest BCUT2D eigenvalue weighted by atomic mass is 9.88. The minimum Gasteiger partial charge on any atom is -0.383 e. The summed E-state index contributed by atoms with van der Waals surface area (Å²) in [4.78, 5) is 22.2. The van der Waals surface area contributed by atoms with Gasteiger partial charge in [0.15, 0.2) is 5.65 Å². The molecule has 0 saturated carbocycles. The van der Waals surface area contributed by atoms with Gasteiger partial charge in [0.05, 0.1) is 30.6 Å². The number of nitrogens with zero attached hydrogens (tertiary/aromatic N) is 6. The van der Waals surface area contributed by atoms with Crippen molar-refractivity contribution < 1.29 is 22.7 Å². The number of methoxy groups -OCH3 is 1. The number of likely N-dealkylation sites (N-methyl/N-ethyl adjacent to an activating group) is 1. The van der Waals surface area contributed by atoms with E-state index in [-0.39, 0.29) is 29.8 Å². The van der Waals surface area contributed by atoms with Crippen LogP contribution in [0.1, 0.15) is 44.0 Å². The van der Waals surface area contributed by atoms with Gasteiger partial charge in [0.1, 0.15) is 5.69 Å². The van der Waals surface area contributed by atoms with Gasteiger partial charge in [-0.05, 0) is 70.0 Å². The van der Waals surface area contributed by atoms with E-state index >= 15 is 0 Å². The fourth-order valence-electron chi connectivity index (χ4n) is 6.10. The molecule has 1 unspecified atom stereocenters. The Hall–Kier alpha value is -4.90. The lowest BCUT2D eigenvalue weighted by molar-refractivity contribution is -0.138. The molecule has 3 heterocycles. The van der Waals surface area contributed by atoms with Crippen LogP contribution < -0.4 is 10.6 Å². The predicted octanol–water partition coefficient (Wildman–Crippen LogP) is 6.21. The first kappa shape index (κ1) is 37.4. The van der Waals surface area contributed by atoms with Crippen LogP contribution in [-0.2, 0) is 22.3 Å². The number of halogens is 3. The zero-order chi connectivity index (χ0) is 36.7. The van der Waals surface area contributed by atoms with E-state index in [0.29, 0.717) is 49.6 Å². The van der Waals surface area contributed by atoms with E-state index in [4.69, 9.17) is 4.74 Å². The van der Waals surface area contributed by atoms with Crippen molar-refractivity contribution in [3.63, 3.8) is 0 Å². The van der Waals surface area contributed by atoms with Gasteiger partial charge >= 0.3 is 6.18 Å². The zero-order valence-corrected chi connectivity index (χ0v) is 29.7. The van der Waals surface area contributed by atoms with Crippen LogP contribution in [0.15, 0.2) is 83.0 Å². The highest BCUT2D eigenvalue weighted by atomic mass is 19.4. The van der Waals surface area contributed by atoms with Crippen LogP contribution in [0.25, 0.3) is 5.65 Å². The monoisotopic (exact) mass is 702 g/mol. The Labute approximate surface area is 297 Å². The maximum atomic E-state index is 14.2. The van der Waals surface area contributed by atoms with Gasteiger partial charge in [0, 0.05) is 81.3 Å². The third kappa shape index (κ3) is 9.46. The second-order valence-corrected chi connectivity index (χ2v) is 13.0. The number of amides is 1. The van der Waals surface area contributed by atoms with Crippen molar-refractivity contribution in [1.29, 1.82) is 0 Å². The number of piperazine rings is 1. The van der Waals surface area contributed by atoms with Crippen molar-refractivity contribution >= 4 is 29.6 Å². The van der Waals surface area contributed by atoms with Gasteiger partial charge in [-0.1, -0.05) is 29.7 Å². The molecule has 270 valence electrons. The van der Waals surface area contributed by atoms with E-state index in [1.165, 1.54) is 6.07 Å². The number of benzene rings is 1. The summed E-state index contributed by atoms with van der Waals surface area (Å²) in [7, 11) is 3.65. The number of allylic oxidation sites excluding steroid dienone is 4. The number of carbonyl (C=O) groups is 1. The molecule has 0 bridgehead atoms. The van der Waals surface area contributed by atoms with Crippen molar-refractivity contribution in [3.8, 4) is 11.8 Å². The number of nitrogens with one attached hydrogen (secondary N) is 2. The van der Waals surface area contributed by atoms with Crippen LogP contribution in [0.2, 0.25) is 0 Å². The van der Waals surface area contributed by atoms with E-state index in [2.05, 4.69) is 51.1 Å². The van der Waals surface area contributed by atoms with Gasteiger partial charge in [0.2, 0.25) is 0 Å². The van der Waals surface area contributed by atoms with Crippen molar-refractivity contribution in [2.75, 3.05) is 57.6 Å². The van der Waals surface area contributed by atoms with Gasteiger partial charge in [-0.25, -0.2) is 4.98 Å². The Kier molecular flexibility index (Phi) is 12.0. The van der Waals surface area contributed by atoms with Crippen molar-refractivity contribution in [1.82, 2.24) is 24.2 Å². The molecule has 10 nitrogen and oxygen atoms in total. The average Bonchev–Trinajstić information content (AvgIpc) is 3.52. The Morgan fingerprint density at radius 3 is 2.76 bits per heavy atom. The molecule has 2 aromatic heterocycles. The largest absolute Gasteiger partial charge is 0.416 e. The number of hydrogen-bond acceptors (Lipinski definition) is 8. The van der Waals surface area contributed by atoms with Crippen LogP contribution >= 0.6 is 0 Å². The fourth-order valence-corrected chi connectivity index (χ4v) is 6.10. The molecule has 13 heteroatoms. The van der Waals surface area contributed by atoms with Gasteiger partial charge in [-0.15, -0.1) is 0 Å². The zero-order valence-electron chi connectivity index (χ0n) is 29.7. The number of imidazole rings is 1. The number of anilines is 2. The number of hydrogen-bond donors (Lipinski definition) is 2. The van der Waals surface area contributed by atoms with Gasteiger partial charge in [-0.3, -0.25) is 19.1 Å². The lowest BCUT2D eigenvalue weighted by Gasteiger charge is -2.38. The lowest BCUT2D eigenvalue weighted by Crippen LogP contribution is -2.49. The molecule has 1 amide bonds. The molecule has 2 atom stereocenters. The molecule has 1 aliphatic carbocycles. The molecule has 51 heavy (non-hydrogen) atoms. The van der Waals surface area contributed by atoms with E-state index < -0.39 is 17.6 Å². The topological polar surface area (TPSA) is 89.7 Å². The third-order valence-electron chi connectivity index (χ3n) is 9.21. The van der Waals surface area contributed by atoms with Crippen molar-refractivity contribution in [3.05, 3.63) is 94.7 Å². The Morgan fingerprint density at radius 1 is 1.24 bits per heavy atom. The summed E-state index contributed by atoms with van der Waals surface area (Å²) in [6, 6.07) is 8.12. The fraction of sp³-hybridized carbons (Fsp3) is 0.395. The summed E-state index contributed by atoms with van der Waals surface area (Å²) in [6.45, 7) is 13.0. The number of alkyl halides is 3. The van der Waals surface area contributed by atoms with Crippen LogP contribution in [0.5, 0.6) is 0 Å². The second kappa shape index (κ2) is 16.4. The average molecular weight is 703 g/mol. The summed E-state index contributed by atoms with van der Waals surface area (Å²) >= 11 is 0. The normalized spacial score (nSPS) is 18.8. The molecule has 3 aromatic rings. The molecule has 5 rings (SSSR count). The summed E-state index contributed by atoms with van der Waals surface area (Å²) in [5, 5.41) is 11.7. The Balaban J connectivity index is 1.27. The van der Waals surface area contributed by atoms with Gasteiger partial charge in [0.25, 0.3) is 5.91 Å². The molecular weight excluding hydrogens is 657 g/mol. The first-order chi connectivity index (χ1) is 24.4. The molecule has 2 aliphatic rings. The summed E-state index contributed by atoms with van der Waals surface area (Å²) < 4.78 is 49.6.